The highest BCUT2D eigenvalue weighted by molar-refractivity contribution is 7.89. The molecular weight excluding hydrogens is 248 g/mol. The van der Waals surface area contributed by atoms with Gasteiger partial charge in [-0.15, -0.1) is 0 Å². The van der Waals surface area contributed by atoms with E-state index in [0.29, 0.717) is 16.5 Å². The molecular formula is C13H20N2O2S. The molecule has 100 valence electrons. The second-order valence-electron chi connectivity index (χ2n) is 5.26. The molecule has 1 aromatic rings. The standard InChI is InChI=1S/C13H20N2O2S/c1-9-3-6-12(7-9)15-18(16,17)13-8-11(14)5-4-10(13)2/h4-5,8-9,12,15H,3,6-7,14H2,1-2H3. The maximum atomic E-state index is 12.3. The SMILES string of the molecule is Cc1ccc(N)cc1S(=O)(=O)NC1CCC(C)C1. The molecule has 2 rings (SSSR count). The number of anilines is 1. The minimum atomic E-state index is -3.45. The van der Waals surface area contributed by atoms with Gasteiger partial charge in [0, 0.05) is 11.7 Å². The van der Waals surface area contributed by atoms with E-state index in [4.69, 9.17) is 5.73 Å². The molecule has 5 heteroatoms. The van der Waals surface area contributed by atoms with Gasteiger partial charge in [-0.3, -0.25) is 0 Å². The zero-order valence-corrected chi connectivity index (χ0v) is 11.6. The molecule has 2 unspecified atom stereocenters. The molecule has 4 nitrogen and oxygen atoms in total. The first-order valence-corrected chi connectivity index (χ1v) is 7.75. The summed E-state index contributed by atoms with van der Waals surface area (Å²) in [4.78, 5) is 0.294. The Morgan fingerprint density at radius 1 is 1.33 bits per heavy atom. The average molecular weight is 268 g/mol. The molecule has 0 aliphatic heterocycles. The van der Waals surface area contributed by atoms with Crippen molar-refractivity contribution in [2.75, 3.05) is 5.73 Å². The van der Waals surface area contributed by atoms with Crippen LogP contribution in [0.1, 0.15) is 31.7 Å². The van der Waals surface area contributed by atoms with Crippen LogP contribution < -0.4 is 10.5 Å². The van der Waals surface area contributed by atoms with E-state index in [1.165, 1.54) is 6.07 Å². The number of aryl methyl sites for hydroxylation is 1. The number of nitrogens with two attached hydrogens (primary N) is 1. The van der Waals surface area contributed by atoms with Crippen LogP contribution in [0.25, 0.3) is 0 Å². The average Bonchev–Trinajstić information content (AvgIpc) is 2.66. The van der Waals surface area contributed by atoms with E-state index in [0.717, 1.165) is 24.8 Å². The van der Waals surface area contributed by atoms with Gasteiger partial charge >= 0.3 is 0 Å². The summed E-state index contributed by atoms with van der Waals surface area (Å²) in [5, 5.41) is 0. The van der Waals surface area contributed by atoms with Crippen molar-refractivity contribution in [2.45, 2.75) is 44.0 Å². The molecule has 0 aromatic heterocycles. The first kappa shape index (κ1) is 13.4. The summed E-state index contributed by atoms with van der Waals surface area (Å²) in [6.45, 7) is 3.94. The van der Waals surface area contributed by atoms with Crippen molar-refractivity contribution < 1.29 is 8.42 Å². The highest BCUT2D eigenvalue weighted by Crippen LogP contribution is 2.27. The number of nitrogen functional groups attached to an aromatic ring is 1. The van der Waals surface area contributed by atoms with Crippen LogP contribution in [-0.4, -0.2) is 14.5 Å². The van der Waals surface area contributed by atoms with Crippen molar-refractivity contribution in [3.05, 3.63) is 23.8 Å². The lowest BCUT2D eigenvalue weighted by Gasteiger charge is -2.14. The van der Waals surface area contributed by atoms with E-state index in [-0.39, 0.29) is 6.04 Å². The molecule has 0 spiro atoms. The Hall–Kier alpha value is -1.07. The molecule has 3 N–H and O–H groups in total. The normalized spacial score (nSPS) is 24.3. The second kappa shape index (κ2) is 4.90. The van der Waals surface area contributed by atoms with Gasteiger partial charge in [-0.25, -0.2) is 13.1 Å². The van der Waals surface area contributed by atoms with Gasteiger partial charge in [0.25, 0.3) is 0 Å². The van der Waals surface area contributed by atoms with Crippen LogP contribution in [0.2, 0.25) is 0 Å². The number of sulfonamides is 1. The molecule has 0 heterocycles. The molecule has 1 saturated carbocycles. The molecule has 0 radical (unpaired) electrons. The minimum Gasteiger partial charge on any atom is -0.399 e. The molecule has 0 saturated heterocycles. The Labute approximate surface area is 109 Å². The summed E-state index contributed by atoms with van der Waals surface area (Å²) in [5.74, 6) is 0.597. The van der Waals surface area contributed by atoms with Crippen LogP contribution in [0.5, 0.6) is 0 Å². The van der Waals surface area contributed by atoms with Gasteiger partial charge in [0.1, 0.15) is 0 Å². The van der Waals surface area contributed by atoms with Gasteiger partial charge in [-0.05, 0) is 49.8 Å². The Morgan fingerprint density at radius 2 is 2.06 bits per heavy atom. The lowest BCUT2D eigenvalue weighted by Crippen LogP contribution is -2.33. The quantitative estimate of drug-likeness (QED) is 0.824. The fourth-order valence-electron chi connectivity index (χ4n) is 2.50. The molecule has 1 aliphatic rings. The molecule has 1 fully saturated rings. The smallest absolute Gasteiger partial charge is 0.241 e. The fourth-order valence-corrected chi connectivity index (χ4v) is 4.07. The third-order valence-electron chi connectivity index (χ3n) is 3.52. The Kier molecular flexibility index (Phi) is 3.64. The van der Waals surface area contributed by atoms with Crippen LogP contribution in [-0.2, 0) is 10.0 Å². The Morgan fingerprint density at radius 3 is 2.67 bits per heavy atom. The van der Waals surface area contributed by atoms with E-state index in [2.05, 4.69) is 11.6 Å². The number of hydrogen-bond acceptors (Lipinski definition) is 3. The second-order valence-corrected chi connectivity index (χ2v) is 6.94. The van der Waals surface area contributed by atoms with Gasteiger partial charge in [0.15, 0.2) is 0 Å². The molecule has 0 bridgehead atoms. The maximum Gasteiger partial charge on any atom is 0.241 e. The summed E-state index contributed by atoms with van der Waals surface area (Å²) in [5.41, 5.74) is 6.86. The zero-order chi connectivity index (χ0) is 13.3. The van der Waals surface area contributed by atoms with Crippen LogP contribution in [0.4, 0.5) is 5.69 Å². The Balaban J connectivity index is 2.23. The third kappa shape index (κ3) is 2.84. The monoisotopic (exact) mass is 268 g/mol. The molecule has 1 aliphatic carbocycles. The van der Waals surface area contributed by atoms with Crippen LogP contribution in [0.15, 0.2) is 23.1 Å². The predicted octanol–water partition coefficient (Wildman–Crippen LogP) is 2.04. The summed E-state index contributed by atoms with van der Waals surface area (Å²) in [6, 6.07) is 5.04. The van der Waals surface area contributed by atoms with E-state index in [1.54, 1.807) is 19.1 Å². The number of hydrogen-bond donors (Lipinski definition) is 2. The van der Waals surface area contributed by atoms with Crippen LogP contribution in [0.3, 0.4) is 0 Å². The highest BCUT2D eigenvalue weighted by Gasteiger charge is 2.27. The summed E-state index contributed by atoms with van der Waals surface area (Å²) >= 11 is 0. The zero-order valence-electron chi connectivity index (χ0n) is 10.8. The minimum absolute atomic E-state index is 0.0610. The lowest BCUT2D eigenvalue weighted by atomic mass is 10.1. The molecule has 2 atom stereocenters. The largest absolute Gasteiger partial charge is 0.399 e. The van der Waals surface area contributed by atoms with E-state index >= 15 is 0 Å². The summed E-state index contributed by atoms with van der Waals surface area (Å²) in [7, 11) is -3.45. The third-order valence-corrected chi connectivity index (χ3v) is 5.18. The molecule has 18 heavy (non-hydrogen) atoms. The topological polar surface area (TPSA) is 72.2 Å². The van der Waals surface area contributed by atoms with Crippen molar-refractivity contribution in [3.8, 4) is 0 Å². The molecule has 0 amide bonds. The van der Waals surface area contributed by atoms with Gasteiger partial charge in [-0.2, -0.15) is 0 Å². The predicted molar refractivity (Wildman–Crippen MR) is 72.7 cm³/mol. The van der Waals surface area contributed by atoms with Crippen LogP contribution in [0, 0.1) is 12.8 Å². The Bertz CT molecular complexity index is 540. The summed E-state index contributed by atoms with van der Waals surface area (Å²) in [6.07, 6.45) is 2.92. The van der Waals surface area contributed by atoms with Crippen molar-refractivity contribution in [1.29, 1.82) is 0 Å². The van der Waals surface area contributed by atoms with Crippen molar-refractivity contribution in [1.82, 2.24) is 4.72 Å². The van der Waals surface area contributed by atoms with Gasteiger partial charge in [0.05, 0.1) is 4.90 Å². The number of benzene rings is 1. The molecule has 1 aromatic carbocycles. The number of rotatable bonds is 3. The first-order chi connectivity index (χ1) is 8.38. The van der Waals surface area contributed by atoms with Crippen molar-refractivity contribution in [3.63, 3.8) is 0 Å². The summed E-state index contributed by atoms with van der Waals surface area (Å²) < 4.78 is 27.4. The van der Waals surface area contributed by atoms with Crippen LogP contribution >= 0.6 is 0 Å². The number of nitrogens with one attached hydrogen (secondary N) is 1. The maximum absolute atomic E-state index is 12.3. The van der Waals surface area contributed by atoms with E-state index in [9.17, 15) is 8.42 Å². The van der Waals surface area contributed by atoms with Crippen molar-refractivity contribution in [2.24, 2.45) is 5.92 Å². The highest BCUT2D eigenvalue weighted by atomic mass is 32.2. The first-order valence-electron chi connectivity index (χ1n) is 6.27. The van der Waals surface area contributed by atoms with E-state index in [1.807, 2.05) is 0 Å². The van der Waals surface area contributed by atoms with Gasteiger partial charge in [0.2, 0.25) is 10.0 Å². The van der Waals surface area contributed by atoms with Crippen molar-refractivity contribution >= 4 is 15.7 Å². The lowest BCUT2D eigenvalue weighted by molar-refractivity contribution is 0.538. The van der Waals surface area contributed by atoms with E-state index < -0.39 is 10.0 Å². The van der Waals surface area contributed by atoms with Gasteiger partial charge in [-0.1, -0.05) is 13.0 Å². The fraction of sp³-hybridized carbons (Fsp3) is 0.538. The van der Waals surface area contributed by atoms with Gasteiger partial charge < -0.3 is 5.73 Å².